The molecule has 4 aliphatic carbocycles. The van der Waals surface area contributed by atoms with E-state index in [-0.39, 0.29) is 23.1 Å². The van der Waals surface area contributed by atoms with E-state index >= 15 is 0 Å². The average Bonchev–Trinajstić information content (AvgIpc) is 3.26. The van der Waals surface area contributed by atoms with Crippen molar-refractivity contribution in [3.63, 3.8) is 0 Å². The fourth-order valence-electron chi connectivity index (χ4n) is 9.72. The molecule has 4 aliphatic rings. The van der Waals surface area contributed by atoms with E-state index < -0.39 is 5.97 Å². The third-order valence-electron chi connectivity index (χ3n) is 11.9. The molecule has 0 aromatic heterocycles. The highest BCUT2D eigenvalue weighted by Crippen LogP contribution is 2.67. The standard InChI is InChI=1S/C35H50O4/c1-22(2)7-6-8-23(3)29-15-16-30-28-14-13-26-21-27(17-19-34(26,4)31(28)18-20-35(29,30)5)39-33(38)25-11-9-24(10-12-25)32(36)37/h9-13,22-23,27-31H,6-8,14-21H2,1-5H3,(H,36,37)/t23-,27+,28+,29-,30+,31+,34+,35-/m1/s1. The van der Waals surface area contributed by atoms with Crippen LogP contribution in [0.2, 0.25) is 0 Å². The number of allylic oxidation sites excluding steroid dienone is 1. The number of fused-ring (bicyclic) bond motifs is 5. The third-order valence-corrected chi connectivity index (χ3v) is 11.9. The highest BCUT2D eigenvalue weighted by molar-refractivity contribution is 5.92. The second kappa shape index (κ2) is 11.1. The predicted octanol–water partition coefficient (Wildman–Crippen LogP) is 8.95. The molecule has 0 saturated heterocycles. The van der Waals surface area contributed by atoms with Crippen LogP contribution in [0.15, 0.2) is 35.9 Å². The zero-order valence-electron chi connectivity index (χ0n) is 24.9. The molecule has 3 fully saturated rings. The summed E-state index contributed by atoms with van der Waals surface area (Å²) in [6, 6.07) is 6.06. The minimum atomic E-state index is -0.990. The lowest BCUT2D eigenvalue weighted by Crippen LogP contribution is -2.51. The normalized spacial score (nSPS) is 36.4. The molecular formula is C35H50O4. The topological polar surface area (TPSA) is 63.6 Å². The molecule has 1 N–H and O–H groups in total. The quantitative estimate of drug-likeness (QED) is 0.267. The first kappa shape index (κ1) is 28.4. The molecule has 1 aromatic rings. The molecule has 0 heterocycles. The van der Waals surface area contributed by atoms with E-state index in [0.29, 0.717) is 11.0 Å². The summed E-state index contributed by atoms with van der Waals surface area (Å²) in [7, 11) is 0. The van der Waals surface area contributed by atoms with Crippen LogP contribution >= 0.6 is 0 Å². The van der Waals surface area contributed by atoms with Crippen molar-refractivity contribution in [3.05, 3.63) is 47.0 Å². The maximum atomic E-state index is 12.8. The molecule has 0 radical (unpaired) electrons. The lowest BCUT2D eigenvalue weighted by Gasteiger charge is -2.58. The van der Waals surface area contributed by atoms with Crippen LogP contribution in [-0.2, 0) is 4.74 Å². The van der Waals surface area contributed by atoms with Crippen LogP contribution in [0.4, 0.5) is 0 Å². The zero-order valence-corrected chi connectivity index (χ0v) is 24.9. The van der Waals surface area contributed by atoms with Gasteiger partial charge in [-0.3, -0.25) is 0 Å². The first-order valence-corrected chi connectivity index (χ1v) is 15.8. The van der Waals surface area contributed by atoms with E-state index in [0.717, 1.165) is 54.8 Å². The van der Waals surface area contributed by atoms with Crippen LogP contribution < -0.4 is 0 Å². The van der Waals surface area contributed by atoms with Gasteiger partial charge in [0.15, 0.2) is 0 Å². The Morgan fingerprint density at radius 3 is 2.36 bits per heavy atom. The van der Waals surface area contributed by atoms with Crippen molar-refractivity contribution in [2.75, 3.05) is 0 Å². The number of hydrogen-bond donors (Lipinski definition) is 1. The van der Waals surface area contributed by atoms with E-state index in [4.69, 9.17) is 9.84 Å². The van der Waals surface area contributed by atoms with E-state index in [9.17, 15) is 9.59 Å². The molecule has 8 atom stereocenters. The number of carboxylic acids is 1. The van der Waals surface area contributed by atoms with E-state index in [1.165, 1.54) is 69.1 Å². The van der Waals surface area contributed by atoms with Crippen molar-refractivity contribution < 1.29 is 19.4 Å². The SMILES string of the molecule is CC(C)CCC[C@@H](C)[C@H]1CC[C@H]2[C@@H]3CC=C4C[C@@H](OC(=O)c5ccc(C(=O)O)cc5)CC[C@]4(C)[C@H]3CC[C@]12C. The smallest absolute Gasteiger partial charge is 0.338 e. The first-order valence-electron chi connectivity index (χ1n) is 15.8. The summed E-state index contributed by atoms with van der Waals surface area (Å²) < 4.78 is 5.95. The second-order valence-electron chi connectivity index (χ2n) is 14.4. The van der Waals surface area contributed by atoms with Crippen molar-refractivity contribution in [2.24, 2.45) is 46.3 Å². The Labute approximate surface area is 236 Å². The van der Waals surface area contributed by atoms with Gasteiger partial charge in [-0.2, -0.15) is 0 Å². The molecular weight excluding hydrogens is 484 g/mol. The average molecular weight is 535 g/mol. The summed E-state index contributed by atoms with van der Waals surface area (Å²) in [4.78, 5) is 23.9. The molecule has 0 aliphatic heterocycles. The van der Waals surface area contributed by atoms with E-state index in [1.807, 2.05) is 0 Å². The largest absolute Gasteiger partial charge is 0.478 e. The first-order chi connectivity index (χ1) is 18.5. The monoisotopic (exact) mass is 534 g/mol. The number of ether oxygens (including phenoxy) is 1. The van der Waals surface area contributed by atoms with Crippen LogP contribution in [0.3, 0.4) is 0 Å². The molecule has 0 bridgehead atoms. The highest BCUT2D eigenvalue weighted by atomic mass is 16.5. The van der Waals surface area contributed by atoms with Gasteiger partial charge < -0.3 is 9.84 Å². The minimum absolute atomic E-state index is 0.0936. The van der Waals surface area contributed by atoms with Crippen LogP contribution in [0, 0.1) is 46.3 Å². The van der Waals surface area contributed by atoms with Gasteiger partial charge in [-0.1, -0.05) is 65.5 Å². The number of carbonyl (C=O) groups excluding carboxylic acids is 1. The number of esters is 1. The molecule has 3 saturated carbocycles. The number of carbonyl (C=O) groups is 2. The van der Waals surface area contributed by atoms with Crippen LogP contribution in [0.1, 0.15) is 126 Å². The fraction of sp³-hybridized carbons (Fsp3) is 0.714. The Hall–Kier alpha value is -2.10. The molecule has 4 nitrogen and oxygen atoms in total. The summed E-state index contributed by atoms with van der Waals surface area (Å²) >= 11 is 0. The predicted molar refractivity (Wildman–Crippen MR) is 156 cm³/mol. The van der Waals surface area contributed by atoms with Gasteiger partial charge in [0.25, 0.3) is 0 Å². The van der Waals surface area contributed by atoms with Gasteiger partial charge in [-0.05, 0) is 116 Å². The lowest BCUT2D eigenvalue weighted by molar-refractivity contribution is -0.0594. The summed E-state index contributed by atoms with van der Waals surface area (Å²) in [5, 5.41) is 9.12. The Balaban J connectivity index is 1.23. The maximum absolute atomic E-state index is 12.8. The maximum Gasteiger partial charge on any atom is 0.338 e. The van der Waals surface area contributed by atoms with Crippen LogP contribution in [-0.4, -0.2) is 23.1 Å². The van der Waals surface area contributed by atoms with E-state index in [2.05, 4.69) is 40.7 Å². The number of carboxylic acid groups (broad SMARTS) is 1. The van der Waals surface area contributed by atoms with Gasteiger partial charge in [0.1, 0.15) is 6.10 Å². The Morgan fingerprint density at radius 1 is 0.949 bits per heavy atom. The van der Waals surface area contributed by atoms with Crippen LogP contribution in [0.5, 0.6) is 0 Å². The van der Waals surface area contributed by atoms with Crippen molar-refractivity contribution in [1.82, 2.24) is 0 Å². The molecule has 39 heavy (non-hydrogen) atoms. The fourth-order valence-corrected chi connectivity index (χ4v) is 9.72. The Morgan fingerprint density at radius 2 is 1.67 bits per heavy atom. The van der Waals surface area contributed by atoms with Crippen molar-refractivity contribution in [3.8, 4) is 0 Å². The van der Waals surface area contributed by atoms with Gasteiger partial charge in [-0.15, -0.1) is 0 Å². The summed E-state index contributed by atoms with van der Waals surface area (Å²) in [5.41, 5.74) is 2.86. The molecule has 0 spiro atoms. The minimum Gasteiger partial charge on any atom is -0.478 e. The van der Waals surface area contributed by atoms with Crippen molar-refractivity contribution in [1.29, 1.82) is 0 Å². The van der Waals surface area contributed by atoms with Gasteiger partial charge in [0.2, 0.25) is 0 Å². The third kappa shape index (κ3) is 5.34. The Kier molecular flexibility index (Phi) is 8.06. The summed E-state index contributed by atoms with van der Waals surface area (Å²) in [6.45, 7) is 12.4. The van der Waals surface area contributed by atoms with E-state index in [1.54, 1.807) is 12.1 Å². The van der Waals surface area contributed by atoms with Gasteiger partial charge in [-0.25, -0.2) is 9.59 Å². The van der Waals surface area contributed by atoms with Crippen LogP contribution in [0.25, 0.3) is 0 Å². The molecule has 5 rings (SSSR count). The van der Waals surface area contributed by atoms with Gasteiger partial charge >= 0.3 is 11.9 Å². The summed E-state index contributed by atoms with van der Waals surface area (Å²) in [5.74, 6) is 3.61. The number of benzene rings is 1. The molecule has 1 aromatic carbocycles. The Bertz CT molecular complexity index is 1090. The van der Waals surface area contributed by atoms with Crippen molar-refractivity contribution in [2.45, 2.75) is 111 Å². The molecule has 0 unspecified atom stereocenters. The molecule has 214 valence electrons. The lowest BCUT2D eigenvalue weighted by atomic mass is 9.47. The number of aromatic carboxylic acids is 1. The second-order valence-corrected chi connectivity index (χ2v) is 14.4. The highest BCUT2D eigenvalue weighted by Gasteiger charge is 2.59. The van der Waals surface area contributed by atoms with Gasteiger partial charge in [0, 0.05) is 6.42 Å². The number of hydrogen-bond acceptors (Lipinski definition) is 3. The number of rotatable bonds is 8. The molecule has 4 heteroatoms. The van der Waals surface area contributed by atoms with Crippen molar-refractivity contribution >= 4 is 11.9 Å². The zero-order chi connectivity index (χ0) is 27.9. The summed E-state index contributed by atoms with van der Waals surface area (Å²) in [6.07, 6.45) is 16.2. The van der Waals surface area contributed by atoms with Gasteiger partial charge in [0.05, 0.1) is 11.1 Å². The molecule has 0 amide bonds.